The van der Waals surface area contributed by atoms with Gasteiger partial charge in [-0.1, -0.05) is 47.3 Å². The Bertz CT molecular complexity index is 419. The lowest BCUT2D eigenvalue weighted by atomic mass is 10.0. The van der Waals surface area contributed by atoms with Crippen molar-refractivity contribution in [3.8, 4) is 0 Å². The topological polar surface area (TPSA) is 40.5 Å². The van der Waals surface area contributed by atoms with Crippen LogP contribution in [0.2, 0.25) is 0 Å². The fourth-order valence-corrected chi connectivity index (χ4v) is 2.90. The van der Waals surface area contributed by atoms with Crippen LogP contribution < -0.4 is 0 Å². The summed E-state index contributed by atoms with van der Waals surface area (Å²) in [4.78, 5) is 13.5. The van der Waals surface area contributed by atoms with E-state index in [1.54, 1.807) is 0 Å². The molecule has 1 aliphatic rings. The van der Waals surface area contributed by atoms with Gasteiger partial charge in [-0.3, -0.25) is 9.69 Å². The van der Waals surface area contributed by atoms with Crippen LogP contribution in [-0.4, -0.2) is 28.6 Å². The van der Waals surface area contributed by atoms with Gasteiger partial charge in [-0.15, -0.1) is 0 Å². The maximum Gasteiger partial charge on any atom is 0.320 e. The summed E-state index contributed by atoms with van der Waals surface area (Å²) >= 11 is 3.42. The Morgan fingerprint density at radius 1 is 1.21 bits per heavy atom. The zero-order valence-electron chi connectivity index (χ0n) is 11.0. The summed E-state index contributed by atoms with van der Waals surface area (Å²) in [5, 5.41) is 9.40. The van der Waals surface area contributed by atoms with Gasteiger partial charge in [0.1, 0.15) is 6.04 Å². The highest BCUT2D eigenvalue weighted by Gasteiger charge is 2.26. The largest absolute Gasteiger partial charge is 0.480 e. The summed E-state index contributed by atoms with van der Waals surface area (Å²) in [7, 11) is 0. The van der Waals surface area contributed by atoms with Crippen LogP contribution in [0.4, 0.5) is 0 Å². The zero-order valence-corrected chi connectivity index (χ0v) is 12.6. The standard InChI is InChI=1S/C15H20BrNO2/c16-13-8-6-12(7-9-13)11-17-10-4-2-1-3-5-14(17)15(18)19/h6-9,14H,1-5,10-11H2,(H,18,19). The highest BCUT2D eigenvalue weighted by molar-refractivity contribution is 9.10. The molecule has 0 bridgehead atoms. The molecule has 19 heavy (non-hydrogen) atoms. The van der Waals surface area contributed by atoms with Crippen LogP contribution >= 0.6 is 15.9 Å². The van der Waals surface area contributed by atoms with Crippen molar-refractivity contribution >= 4 is 21.9 Å². The Hall–Kier alpha value is -0.870. The summed E-state index contributed by atoms with van der Waals surface area (Å²) in [6.07, 6.45) is 5.26. The first-order valence-electron chi connectivity index (χ1n) is 6.88. The predicted molar refractivity (Wildman–Crippen MR) is 79.1 cm³/mol. The number of carboxylic acid groups (broad SMARTS) is 1. The van der Waals surface area contributed by atoms with E-state index in [9.17, 15) is 9.90 Å². The van der Waals surface area contributed by atoms with Gasteiger partial charge in [0.05, 0.1) is 0 Å². The Labute approximate surface area is 122 Å². The minimum absolute atomic E-state index is 0.330. The van der Waals surface area contributed by atoms with Crippen molar-refractivity contribution in [3.63, 3.8) is 0 Å². The molecule has 3 nitrogen and oxygen atoms in total. The molecule has 1 aromatic rings. The quantitative estimate of drug-likeness (QED) is 0.921. The van der Waals surface area contributed by atoms with Gasteiger partial charge in [-0.25, -0.2) is 0 Å². The first-order valence-corrected chi connectivity index (χ1v) is 7.67. The van der Waals surface area contributed by atoms with Crippen LogP contribution in [0.1, 0.15) is 37.7 Å². The van der Waals surface area contributed by atoms with Crippen LogP contribution in [0.5, 0.6) is 0 Å². The lowest BCUT2D eigenvalue weighted by Crippen LogP contribution is -2.42. The molecule has 0 amide bonds. The summed E-state index contributed by atoms with van der Waals surface area (Å²) in [6, 6.07) is 7.80. The fourth-order valence-electron chi connectivity index (χ4n) is 2.64. The van der Waals surface area contributed by atoms with Gasteiger partial charge in [-0.2, -0.15) is 0 Å². The van der Waals surface area contributed by atoms with Gasteiger partial charge in [0.25, 0.3) is 0 Å². The van der Waals surface area contributed by atoms with Crippen molar-refractivity contribution in [2.45, 2.75) is 44.7 Å². The lowest BCUT2D eigenvalue weighted by molar-refractivity contribution is -0.144. The molecule has 2 rings (SSSR count). The molecular formula is C15H20BrNO2. The Balaban J connectivity index is 2.08. The molecule has 1 atom stereocenters. The van der Waals surface area contributed by atoms with E-state index in [0.29, 0.717) is 0 Å². The molecule has 0 radical (unpaired) electrons. The predicted octanol–water partition coefficient (Wildman–Crippen LogP) is 3.67. The zero-order chi connectivity index (χ0) is 13.7. The number of halogens is 1. The minimum atomic E-state index is -0.681. The van der Waals surface area contributed by atoms with Crippen molar-refractivity contribution in [2.24, 2.45) is 0 Å². The van der Waals surface area contributed by atoms with Gasteiger partial charge in [-0.05, 0) is 37.1 Å². The second kappa shape index (κ2) is 7.06. The molecule has 104 valence electrons. The average Bonchev–Trinajstić information content (AvgIpc) is 2.35. The van der Waals surface area contributed by atoms with E-state index in [1.165, 1.54) is 12.0 Å². The number of carboxylic acids is 1. The third-order valence-corrected chi connectivity index (χ3v) is 4.23. The molecule has 1 aromatic carbocycles. The van der Waals surface area contributed by atoms with E-state index in [-0.39, 0.29) is 6.04 Å². The second-order valence-electron chi connectivity index (χ2n) is 5.15. The highest BCUT2D eigenvalue weighted by Crippen LogP contribution is 2.20. The molecule has 1 N–H and O–H groups in total. The molecule has 1 unspecified atom stereocenters. The van der Waals surface area contributed by atoms with Crippen LogP contribution in [0.3, 0.4) is 0 Å². The van der Waals surface area contributed by atoms with Crippen LogP contribution in [0.15, 0.2) is 28.7 Å². The number of rotatable bonds is 3. The minimum Gasteiger partial charge on any atom is -0.480 e. The fraction of sp³-hybridized carbons (Fsp3) is 0.533. The number of nitrogens with zero attached hydrogens (tertiary/aromatic N) is 1. The number of benzene rings is 1. The van der Waals surface area contributed by atoms with E-state index in [0.717, 1.165) is 43.2 Å². The normalized spacial score (nSPS) is 21.6. The van der Waals surface area contributed by atoms with Gasteiger partial charge in [0.15, 0.2) is 0 Å². The monoisotopic (exact) mass is 325 g/mol. The molecule has 1 aliphatic heterocycles. The maximum absolute atomic E-state index is 11.4. The molecule has 0 aromatic heterocycles. The third kappa shape index (κ3) is 4.32. The SMILES string of the molecule is O=C(O)C1CCCCCCN1Cc1ccc(Br)cc1. The summed E-state index contributed by atoms with van der Waals surface area (Å²) in [6.45, 7) is 1.61. The summed E-state index contributed by atoms with van der Waals surface area (Å²) in [5.74, 6) is -0.681. The molecular weight excluding hydrogens is 306 g/mol. The molecule has 0 saturated carbocycles. The van der Waals surface area contributed by atoms with Gasteiger partial charge >= 0.3 is 5.97 Å². The van der Waals surface area contributed by atoms with Crippen molar-refractivity contribution in [2.75, 3.05) is 6.54 Å². The van der Waals surface area contributed by atoms with Crippen molar-refractivity contribution in [1.29, 1.82) is 0 Å². The molecule has 0 spiro atoms. The Morgan fingerprint density at radius 2 is 1.89 bits per heavy atom. The summed E-state index contributed by atoms with van der Waals surface area (Å²) in [5.41, 5.74) is 1.18. The molecule has 1 saturated heterocycles. The van der Waals surface area contributed by atoms with Crippen LogP contribution in [-0.2, 0) is 11.3 Å². The van der Waals surface area contributed by atoms with Gasteiger partial charge in [0.2, 0.25) is 0 Å². The van der Waals surface area contributed by atoms with Crippen molar-refractivity contribution in [1.82, 2.24) is 4.90 Å². The molecule has 0 aliphatic carbocycles. The van der Waals surface area contributed by atoms with E-state index in [4.69, 9.17) is 0 Å². The number of carbonyl (C=O) groups is 1. The van der Waals surface area contributed by atoms with Crippen molar-refractivity contribution in [3.05, 3.63) is 34.3 Å². The van der Waals surface area contributed by atoms with Crippen LogP contribution in [0.25, 0.3) is 0 Å². The smallest absolute Gasteiger partial charge is 0.320 e. The third-order valence-electron chi connectivity index (χ3n) is 3.70. The molecule has 1 heterocycles. The number of likely N-dealkylation sites (tertiary alicyclic amines) is 1. The summed E-state index contributed by atoms with van der Waals surface area (Å²) < 4.78 is 1.05. The van der Waals surface area contributed by atoms with E-state index < -0.39 is 5.97 Å². The maximum atomic E-state index is 11.4. The van der Waals surface area contributed by atoms with E-state index in [1.807, 2.05) is 12.1 Å². The number of hydrogen-bond acceptors (Lipinski definition) is 2. The Morgan fingerprint density at radius 3 is 2.58 bits per heavy atom. The number of hydrogen-bond donors (Lipinski definition) is 1. The average molecular weight is 326 g/mol. The molecule has 4 heteroatoms. The first kappa shape index (κ1) is 14.5. The number of aliphatic carboxylic acids is 1. The Kier molecular flexibility index (Phi) is 5.40. The van der Waals surface area contributed by atoms with Gasteiger partial charge < -0.3 is 5.11 Å². The van der Waals surface area contributed by atoms with Crippen molar-refractivity contribution < 1.29 is 9.90 Å². The van der Waals surface area contributed by atoms with Gasteiger partial charge in [0, 0.05) is 11.0 Å². The van der Waals surface area contributed by atoms with Crippen LogP contribution in [0, 0.1) is 0 Å². The molecule has 1 fully saturated rings. The first-order chi connectivity index (χ1) is 9.16. The van der Waals surface area contributed by atoms with E-state index >= 15 is 0 Å². The second-order valence-corrected chi connectivity index (χ2v) is 6.07. The highest BCUT2D eigenvalue weighted by atomic mass is 79.9. The lowest BCUT2D eigenvalue weighted by Gasteiger charge is -2.30. The van der Waals surface area contributed by atoms with E-state index in [2.05, 4.69) is 33.0 Å².